The average Bonchev–Trinajstić information content (AvgIpc) is 3.16. The molecule has 4 fully saturated rings. The molecule has 33 heavy (non-hydrogen) atoms. The van der Waals surface area contributed by atoms with Gasteiger partial charge in [-0.2, -0.15) is 4.31 Å². The highest BCUT2D eigenvalue weighted by molar-refractivity contribution is 7.89. The lowest BCUT2D eigenvalue weighted by molar-refractivity contribution is -0.124. The molecule has 0 radical (unpaired) electrons. The van der Waals surface area contributed by atoms with E-state index in [4.69, 9.17) is 4.74 Å². The Balaban J connectivity index is 1.41. The minimum absolute atomic E-state index is 0.00628. The molecule has 0 bridgehead atoms. The lowest BCUT2D eigenvalue weighted by Crippen LogP contribution is -2.51. The predicted molar refractivity (Wildman–Crippen MR) is 126 cm³/mol. The third kappa shape index (κ3) is 4.28. The number of nitrogens with one attached hydrogen (secondary N) is 1. The summed E-state index contributed by atoms with van der Waals surface area (Å²) in [6.07, 6.45) is 7.00. The van der Waals surface area contributed by atoms with Crippen molar-refractivity contribution in [3.8, 4) is 0 Å². The molecule has 9 heteroatoms. The highest BCUT2D eigenvalue weighted by atomic mass is 32.2. The fraction of sp³-hybridized carbons (Fsp3) is 0.750. The summed E-state index contributed by atoms with van der Waals surface area (Å²) in [5, 5.41) is 3.18. The van der Waals surface area contributed by atoms with Crippen molar-refractivity contribution in [2.24, 2.45) is 5.41 Å². The molecule has 5 rings (SSSR count). The number of aryl methyl sites for hydroxylation is 1. The van der Waals surface area contributed by atoms with Gasteiger partial charge in [0.1, 0.15) is 16.8 Å². The first-order valence-corrected chi connectivity index (χ1v) is 13.8. The zero-order valence-electron chi connectivity index (χ0n) is 19.9. The van der Waals surface area contributed by atoms with Crippen LogP contribution in [0, 0.1) is 12.3 Å². The number of sulfonamides is 1. The Morgan fingerprint density at radius 3 is 2.55 bits per heavy atom. The fourth-order valence-electron chi connectivity index (χ4n) is 6.01. The van der Waals surface area contributed by atoms with Crippen LogP contribution >= 0.6 is 0 Å². The van der Waals surface area contributed by atoms with Crippen molar-refractivity contribution >= 4 is 21.7 Å². The van der Waals surface area contributed by atoms with E-state index in [1.807, 2.05) is 20.8 Å². The molecule has 4 atom stereocenters. The molecule has 1 spiro atoms. The maximum absolute atomic E-state index is 13.9. The molecule has 8 nitrogen and oxygen atoms in total. The molecular formula is C24H36N4O4S. The van der Waals surface area contributed by atoms with Crippen molar-refractivity contribution in [3.05, 3.63) is 17.8 Å². The van der Waals surface area contributed by atoms with Crippen LogP contribution in [0.15, 0.2) is 17.0 Å². The molecule has 2 aliphatic heterocycles. The summed E-state index contributed by atoms with van der Waals surface area (Å²) in [7, 11) is -3.89. The van der Waals surface area contributed by atoms with E-state index in [0.717, 1.165) is 18.5 Å². The van der Waals surface area contributed by atoms with E-state index in [-0.39, 0.29) is 28.9 Å². The van der Waals surface area contributed by atoms with Crippen molar-refractivity contribution in [1.29, 1.82) is 0 Å². The summed E-state index contributed by atoms with van der Waals surface area (Å²) < 4.78 is 34.9. The number of hydrogen-bond acceptors (Lipinski definition) is 6. The minimum atomic E-state index is -3.89. The van der Waals surface area contributed by atoms with E-state index in [9.17, 15) is 13.2 Å². The normalized spacial score (nSPS) is 31.8. The van der Waals surface area contributed by atoms with Crippen LogP contribution in [0.25, 0.3) is 0 Å². The monoisotopic (exact) mass is 476 g/mol. The second-order valence-corrected chi connectivity index (χ2v) is 12.5. The number of carbonyl (C=O) groups excluding carboxylic acids is 1. The predicted octanol–water partition coefficient (Wildman–Crippen LogP) is 2.61. The summed E-state index contributed by atoms with van der Waals surface area (Å²) in [5.74, 6) is 0.323. The summed E-state index contributed by atoms with van der Waals surface area (Å²) in [5.41, 5.74) is 1.23. The molecule has 1 aromatic heterocycles. The van der Waals surface area contributed by atoms with Gasteiger partial charge in [0, 0.05) is 18.3 Å². The third-order valence-corrected chi connectivity index (χ3v) is 9.92. The molecule has 3 heterocycles. The topological polar surface area (TPSA) is 91.8 Å². The Kier molecular flexibility index (Phi) is 5.94. The van der Waals surface area contributed by atoms with E-state index < -0.39 is 16.1 Å². The van der Waals surface area contributed by atoms with Gasteiger partial charge in [-0.25, -0.2) is 13.4 Å². The maximum atomic E-state index is 13.9. The Labute approximate surface area is 197 Å². The molecule has 182 valence electrons. The number of amides is 1. The number of nitrogens with zero attached hydrogens (tertiary/aromatic N) is 3. The zero-order valence-corrected chi connectivity index (χ0v) is 20.7. The largest absolute Gasteiger partial charge is 0.377 e. The lowest BCUT2D eigenvalue weighted by atomic mass is 10.1. The Bertz CT molecular complexity index is 1020. The van der Waals surface area contributed by atoms with Crippen molar-refractivity contribution in [2.75, 3.05) is 24.7 Å². The van der Waals surface area contributed by atoms with Crippen molar-refractivity contribution < 1.29 is 17.9 Å². The van der Waals surface area contributed by atoms with Gasteiger partial charge in [-0.05, 0) is 83.3 Å². The number of hydrogen-bond donors (Lipinski definition) is 1. The fourth-order valence-corrected chi connectivity index (χ4v) is 7.79. The summed E-state index contributed by atoms with van der Waals surface area (Å²) >= 11 is 0. The van der Waals surface area contributed by atoms with Crippen LogP contribution in [-0.2, 0) is 19.6 Å². The number of rotatable bonds is 5. The number of aromatic nitrogens is 1. The highest BCUT2D eigenvalue weighted by Crippen LogP contribution is 2.57. The molecule has 0 aromatic carbocycles. The second kappa shape index (κ2) is 8.50. The summed E-state index contributed by atoms with van der Waals surface area (Å²) in [6.45, 7) is 7.33. The molecule has 2 saturated heterocycles. The van der Waals surface area contributed by atoms with Gasteiger partial charge in [-0.3, -0.25) is 4.79 Å². The Hall–Kier alpha value is -1.71. The van der Waals surface area contributed by atoms with Gasteiger partial charge in [0.15, 0.2) is 0 Å². The molecule has 4 aliphatic rings. The van der Waals surface area contributed by atoms with E-state index in [0.29, 0.717) is 43.8 Å². The van der Waals surface area contributed by atoms with Crippen molar-refractivity contribution in [3.63, 3.8) is 0 Å². The van der Waals surface area contributed by atoms with Crippen LogP contribution in [0.3, 0.4) is 0 Å². The quantitative estimate of drug-likeness (QED) is 0.702. The van der Waals surface area contributed by atoms with E-state index in [2.05, 4.69) is 15.2 Å². The second-order valence-electron chi connectivity index (χ2n) is 10.6. The molecule has 1 N–H and O–H groups in total. The molecule has 1 unspecified atom stereocenters. The molecule has 1 amide bonds. The van der Waals surface area contributed by atoms with Gasteiger partial charge in [0.2, 0.25) is 15.9 Å². The van der Waals surface area contributed by atoms with E-state index >= 15 is 0 Å². The Morgan fingerprint density at radius 1 is 1.15 bits per heavy atom. The van der Waals surface area contributed by atoms with Gasteiger partial charge < -0.3 is 15.0 Å². The SMILES string of the molecule is Cc1ccc(S(=O)(=O)N2CCC[C@H]2C(=O)NC2CCC3(CC3)C2)c(N2[C@@H](C)COC[C@@H]2C)n1. The molecule has 2 saturated carbocycles. The van der Waals surface area contributed by atoms with Gasteiger partial charge in [-0.15, -0.1) is 0 Å². The van der Waals surface area contributed by atoms with Gasteiger partial charge in [-0.1, -0.05) is 0 Å². The first-order valence-electron chi connectivity index (χ1n) is 12.4. The third-order valence-electron chi connectivity index (χ3n) is 7.99. The smallest absolute Gasteiger partial charge is 0.247 e. The number of carbonyl (C=O) groups is 1. The van der Waals surface area contributed by atoms with Crippen LogP contribution in [0.5, 0.6) is 0 Å². The average molecular weight is 477 g/mol. The standard InChI is InChI=1S/C24H36N4O4S/c1-16-6-7-21(22(25-16)28-17(2)14-32-15-18(28)3)33(30,31)27-12-4-5-20(27)23(29)26-19-8-9-24(13-19)10-11-24/h6-7,17-20H,4-5,8-15H2,1-3H3,(H,26,29)/t17-,18-,19?,20-/m0/s1. The molecule has 2 aliphatic carbocycles. The summed E-state index contributed by atoms with van der Waals surface area (Å²) in [4.78, 5) is 20.1. The van der Waals surface area contributed by atoms with E-state index in [1.165, 1.54) is 23.6 Å². The van der Waals surface area contributed by atoms with Crippen LogP contribution in [0.1, 0.15) is 64.5 Å². The number of ether oxygens (including phenoxy) is 1. The number of pyridine rings is 1. The number of anilines is 1. The van der Waals surface area contributed by atoms with Crippen LogP contribution < -0.4 is 10.2 Å². The number of morpholine rings is 1. The van der Waals surface area contributed by atoms with Gasteiger partial charge >= 0.3 is 0 Å². The van der Waals surface area contributed by atoms with Crippen LogP contribution in [0.2, 0.25) is 0 Å². The lowest BCUT2D eigenvalue weighted by Gasteiger charge is -2.40. The first-order chi connectivity index (χ1) is 15.7. The maximum Gasteiger partial charge on any atom is 0.247 e. The van der Waals surface area contributed by atoms with Crippen LogP contribution in [0.4, 0.5) is 5.82 Å². The summed E-state index contributed by atoms with van der Waals surface area (Å²) in [6, 6.07) is 2.93. The van der Waals surface area contributed by atoms with Gasteiger partial charge in [0.25, 0.3) is 0 Å². The highest BCUT2D eigenvalue weighted by Gasteiger charge is 2.49. The van der Waals surface area contributed by atoms with Crippen molar-refractivity contribution in [1.82, 2.24) is 14.6 Å². The molecular weight excluding hydrogens is 440 g/mol. The molecule has 1 aromatic rings. The minimum Gasteiger partial charge on any atom is -0.377 e. The van der Waals surface area contributed by atoms with Gasteiger partial charge in [0.05, 0.1) is 25.3 Å². The van der Waals surface area contributed by atoms with Crippen molar-refractivity contribution in [2.45, 2.75) is 94.8 Å². The Morgan fingerprint density at radius 2 is 1.88 bits per heavy atom. The van der Waals surface area contributed by atoms with Crippen LogP contribution in [-0.4, -0.2) is 67.5 Å². The van der Waals surface area contributed by atoms with E-state index in [1.54, 1.807) is 12.1 Å². The zero-order chi connectivity index (χ0) is 23.4. The first kappa shape index (κ1) is 23.1.